The van der Waals surface area contributed by atoms with Gasteiger partial charge in [-0.05, 0) is 30.7 Å². The predicted molar refractivity (Wildman–Crippen MR) is 106 cm³/mol. The lowest BCUT2D eigenvalue weighted by atomic mass is 10.0. The fourth-order valence-electron chi connectivity index (χ4n) is 3.55. The molecule has 3 aromatic rings. The van der Waals surface area contributed by atoms with E-state index in [2.05, 4.69) is 22.9 Å². The molecule has 3 heterocycles. The highest BCUT2D eigenvalue weighted by atomic mass is 19.1. The van der Waals surface area contributed by atoms with Crippen LogP contribution in [-0.2, 0) is 6.61 Å². The molecule has 1 aliphatic heterocycles. The van der Waals surface area contributed by atoms with Crippen LogP contribution in [0.5, 0.6) is 5.88 Å². The Labute approximate surface area is 163 Å². The normalized spacial score (nSPS) is 16.4. The summed E-state index contributed by atoms with van der Waals surface area (Å²) in [5.41, 5.74) is 4.63. The van der Waals surface area contributed by atoms with E-state index in [1.54, 1.807) is 0 Å². The van der Waals surface area contributed by atoms with E-state index >= 15 is 0 Å². The van der Waals surface area contributed by atoms with Crippen molar-refractivity contribution in [3.63, 3.8) is 0 Å². The zero-order valence-corrected chi connectivity index (χ0v) is 15.7. The van der Waals surface area contributed by atoms with Crippen molar-refractivity contribution in [3.05, 3.63) is 71.8 Å². The van der Waals surface area contributed by atoms with Crippen LogP contribution in [0.15, 0.2) is 54.7 Å². The maximum atomic E-state index is 13.0. The number of ether oxygens (including phenoxy) is 1. The Bertz CT molecular complexity index is 962. The average molecular weight is 379 g/mol. The summed E-state index contributed by atoms with van der Waals surface area (Å²) in [6.07, 6.45) is 1.93. The van der Waals surface area contributed by atoms with Gasteiger partial charge in [0, 0.05) is 24.6 Å². The van der Waals surface area contributed by atoms with Crippen LogP contribution in [0.1, 0.15) is 17.7 Å². The fraction of sp³-hybridized carbons (Fsp3) is 0.273. The zero-order chi connectivity index (χ0) is 19.5. The molecule has 1 aromatic carbocycles. The molecule has 28 heavy (non-hydrogen) atoms. The Kier molecular flexibility index (Phi) is 5.21. The number of halogens is 1. The van der Waals surface area contributed by atoms with E-state index in [1.807, 2.05) is 30.3 Å². The number of benzene rings is 1. The van der Waals surface area contributed by atoms with Gasteiger partial charge in [-0.2, -0.15) is 0 Å². The van der Waals surface area contributed by atoms with Gasteiger partial charge < -0.3 is 14.7 Å². The standard InChI is InChI=1S/C22H22FN3O2/c1-15-4-2-3-5-18(15)19-7-8-21(20(14-27)25-19)26-11-10-17(13-26)28-22-9-6-16(23)12-24-22/h2-9,12,17,27H,10-11,13-14H2,1H3/t17-/m0/s1. The largest absolute Gasteiger partial charge is 0.472 e. The number of aliphatic hydroxyl groups excluding tert-OH is 1. The molecule has 0 amide bonds. The lowest BCUT2D eigenvalue weighted by Gasteiger charge is -2.21. The van der Waals surface area contributed by atoms with E-state index in [0.29, 0.717) is 18.1 Å². The number of anilines is 1. The van der Waals surface area contributed by atoms with Gasteiger partial charge in [-0.15, -0.1) is 0 Å². The van der Waals surface area contributed by atoms with Crippen molar-refractivity contribution >= 4 is 5.69 Å². The Morgan fingerprint density at radius 3 is 2.79 bits per heavy atom. The summed E-state index contributed by atoms with van der Waals surface area (Å²) in [7, 11) is 0. The third kappa shape index (κ3) is 3.82. The van der Waals surface area contributed by atoms with Crippen molar-refractivity contribution < 1.29 is 14.2 Å². The number of nitrogens with zero attached hydrogens (tertiary/aromatic N) is 3. The van der Waals surface area contributed by atoms with E-state index in [-0.39, 0.29) is 18.5 Å². The first-order chi connectivity index (χ1) is 13.6. The van der Waals surface area contributed by atoms with Gasteiger partial charge in [-0.1, -0.05) is 24.3 Å². The molecule has 0 spiro atoms. The third-order valence-corrected chi connectivity index (χ3v) is 4.99. The van der Waals surface area contributed by atoms with Gasteiger partial charge in [0.1, 0.15) is 11.9 Å². The van der Waals surface area contributed by atoms with Crippen LogP contribution in [0.3, 0.4) is 0 Å². The smallest absolute Gasteiger partial charge is 0.213 e. The molecule has 144 valence electrons. The molecule has 0 saturated carbocycles. The van der Waals surface area contributed by atoms with E-state index in [0.717, 1.165) is 41.7 Å². The molecule has 0 aliphatic carbocycles. The van der Waals surface area contributed by atoms with Crippen LogP contribution in [0.2, 0.25) is 0 Å². The molecule has 6 heteroatoms. The second-order valence-corrected chi connectivity index (χ2v) is 6.92. The van der Waals surface area contributed by atoms with Gasteiger partial charge in [0.25, 0.3) is 0 Å². The number of hydrogen-bond acceptors (Lipinski definition) is 5. The van der Waals surface area contributed by atoms with E-state index in [1.165, 1.54) is 12.1 Å². The van der Waals surface area contributed by atoms with Crippen LogP contribution in [0.25, 0.3) is 11.3 Å². The van der Waals surface area contributed by atoms with Crippen LogP contribution >= 0.6 is 0 Å². The van der Waals surface area contributed by atoms with E-state index in [4.69, 9.17) is 9.72 Å². The second kappa shape index (κ2) is 7.94. The van der Waals surface area contributed by atoms with E-state index in [9.17, 15) is 9.50 Å². The number of aromatic nitrogens is 2. The Morgan fingerprint density at radius 1 is 1.18 bits per heavy atom. The molecule has 4 rings (SSSR count). The van der Waals surface area contributed by atoms with Crippen LogP contribution in [-0.4, -0.2) is 34.3 Å². The van der Waals surface area contributed by atoms with Gasteiger partial charge in [0.05, 0.1) is 36.4 Å². The van der Waals surface area contributed by atoms with Crippen LogP contribution < -0.4 is 9.64 Å². The zero-order valence-electron chi connectivity index (χ0n) is 15.7. The minimum absolute atomic E-state index is 0.0412. The van der Waals surface area contributed by atoms with Crippen molar-refractivity contribution in [2.75, 3.05) is 18.0 Å². The predicted octanol–water partition coefficient (Wildman–Crippen LogP) is 3.74. The highest BCUT2D eigenvalue weighted by Crippen LogP contribution is 2.29. The Balaban J connectivity index is 1.51. The Hall–Kier alpha value is -2.99. The maximum absolute atomic E-state index is 13.0. The van der Waals surface area contributed by atoms with Gasteiger partial charge in [-0.25, -0.2) is 14.4 Å². The molecule has 0 bridgehead atoms. The number of hydrogen-bond donors (Lipinski definition) is 1. The first kappa shape index (κ1) is 18.4. The lowest BCUT2D eigenvalue weighted by molar-refractivity contribution is 0.215. The topological polar surface area (TPSA) is 58.5 Å². The van der Waals surface area contributed by atoms with E-state index < -0.39 is 0 Å². The number of rotatable bonds is 5. The highest BCUT2D eigenvalue weighted by molar-refractivity contribution is 5.66. The first-order valence-electron chi connectivity index (χ1n) is 9.34. The van der Waals surface area contributed by atoms with Gasteiger partial charge in [0.15, 0.2) is 0 Å². The van der Waals surface area contributed by atoms with Crippen molar-refractivity contribution in [2.24, 2.45) is 0 Å². The van der Waals surface area contributed by atoms with Crippen molar-refractivity contribution in [1.82, 2.24) is 9.97 Å². The molecular weight excluding hydrogens is 357 g/mol. The molecule has 1 saturated heterocycles. The monoisotopic (exact) mass is 379 g/mol. The SMILES string of the molecule is Cc1ccccc1-c1ccc(N2CC[C@H](Oc3ccc(F)cn3)C2)c(CO)n1. The number of aryl methyl sites for hydroxylation is 1. The molecular formula is C22H22FN3O2. The summed E-state index contributed by atoms with van der Waals surface area (Å²) in [6, 6.07) is 15.0. The van der Waals surface area contributed by atoms with Crippen LogP contribution in [0.4, 0.5) is 10.1 Å². The quantitative estimate of drug-likeness (QED) is 0.732. The summed E-state index contributed by atoms with van der Waals surface area (Å²) < 4.78 is 18.9. The minimum atomic E-state index is -0.382. The maximum Gasteiger partial charge on any atom is 0.213 e. The molecule has 5 nitrogen and oxygen atoms in total. The molecule has 0 unspecified atom stereocenters. The third-order valence-electron chi connectivity index (χ3n) is 4.99. The summed E-state index contributed by atoms with van der Waals surface area (Å²) in [5.74, 6) is 0.0384. The molecule has 1 atom stereocenters. The molecule has 2 aromatic heterocycles. The second-order valence-electron chi connectivity index (χ2n) is 6.92. The van der Waals surface area contributed by atoms with Gasteiger partial charge in [-0.3, -0.25) is 0 Å². The summed E-state index contributed by atoms with van der Waals surface area (Å²) >= 11 is 0. The minimum Gasteiger partial charge on any atom is -0.472 e. The van der Waals surface area contributed by atoms with Crippen molar-refractivity contribution in [2.45, 2.75) is 26.1 Å². The van der Waals surface area contributed by atoms with Crippen LogP contribution in [0, 0.1) is 12.7 Å². The molecule has 1 fully saturated rings. The first-order valence-corrected chi connectivity index (χ1v) is 9.34. The Morgan fingerprint density at radius 2 is 2.04 bits per heavy atom. The van der Waals surface area contributed by atoms with Gasteiger partial charge >= 0.3 is 0 Å². The van der Waals surface area contributed by atoms with Crippen molar-refractivity contribution in [1.29, 1.82) is 0 Å². The molecule has 1 N–H and O–H groups in total. The number of aliphatic hydroxyl groups is 1. The summed E-state index contributed by atoms with van der Waals surface area (Å²) in [5, 5.41) is 9.88. The summed E-state index contributed by atoms with van der Waals surface area (Å²) in [4.78, 5) is 10.8. The molecule has 1 aliphatic rings. The summed E-state index contributed by atoms with van der Waals surface area (Å²) in [6.45, 7) is 3.38. The number of pyridine rings is 2. The van der Waals surface area contributed by atoms with Crippen molar-refractivity contribution in [3.8, 4) is 17.1 Å². The molecule has 0 radical (unpaired) electrons. The average Bonchev–Trinajstić information content (AvgIpc) is 3.18. The highest BCUT2D eigenvalue weighted by Gasteiger charge is 2.26. The lowest BCUT2D eigenvalue weighted by Crippen LogP contribution is -2.26. The van der Waals surface area contributed by atoms with Gasteiger partial charge in [0.2, 0.25) is 5.88 Å². The fourth-order valence-corrected chi connectivity index (χ4v) is 3.55.